The van der Waals surface area contributed by atoms with E-state index in [0.717, 1.165) is 33.6 Å². The molecule has 2 aliphatic rings. The number of rotatable bonds is 8. The van der Waals surface area contributed by atoms with Crippen molar-refractivity contribution in [3.8, 4) is 0 Å². The zero-order chi connectivity index (χ0) is 28.1. The third kappa shape index (κ3) is 5.92. The fraction of sp³-hybridized carbons (Fsp3) is 0.281. The molecule has 1 aliphatic carbocycles. The molecule has 0 saturated carbocycles. The van der Waals surface area contributed by atoms with Crippen molar-refractivity contribution in [2.75, 3.05) is 38.5 Å². The third-order valence-electron chi connectivity index (χ3n) is 7.41. The molecule has 208 valence electrons. The van der Waals surface area contributed by atoms with Crippen molar-refractivity contribution in [2.24, 2.45) is 0 Å². The van der Waals surface area contributed by atoms with Gasteiger partial charge in [0.2, 0.25) is 0 Å². The fourth-order valence-corrected chi connectivity index (χ4v) is 7.02. The van der Waals surface area contributed by atoms with Crippen molar-refractivity contribution >= 4 is 24.9 Å². The number of benzene rings is 3. The van der Waals surface area contributed by atoms with Crippen LogP contribution in [0.5, 0.6) is 0 Å². The minimum atomic E-state index is -3.52. The molecule has 3 aromatic carbocycles. The Hall–Kier alpha value is -3.64. The number of aryl methyl sites for hydroxylation is 2. The van der Waals surface area contributed by atoms with E-state index in [2.05, 4.69) is 9.99 Å². The minimum Gasteiger partial charge on any atom is -0.422 e. The highest BCUT2D eigenvalue weighted by atomic mass is 31.2. The van der Waals surface area contributed by atoms with Crippen LogP contribution in [0.2, 0.25) is 0 Å². The average molecular weight is 559 g/mol. The van der Waals surface area contributed by atoms with Crippen LogP contribution in [0.25, 0.3) is 5.76 Å². The number of allylic oxidation sites excluding steroid dienone is 2. The van der Waals surface area contributed by atoms with Gasteiger partial charge in [0.1, 0.15) is 5.76 Å². The lowest BCUT2D eigenvalue weighted by atomic mass is 10.0. The molecule has 0 spiro atoms. The highest BCUT2D eigenvalue weighted by molar-refractivity contribution is 7.65. The normalized spacial score (nSPS) is 18.3. The highest BCUT2D eigenvalue weighted by Gasteiger charge is 2.40. The minimum absolute atomic E-state index is 0.440. The standard InChI is InChI=1S/C32H35N2O5P/c1-23-14-15-27(22-24(23)2)33-40(36,37-3)29-17-16-28(30(29)34-18-20-38-21-19-34)31(25-10-6-4-7-11-25)39-32(35)26-12-8-5-9-13-26/h4-15,22H,16-21H2,1-3H3,(H,33,36)/b31-28-. The fourth-order valence-electron chi connectivity index (χ4n) is 5.14. The molecule has 1 heterocycles. The SMILES string of the molecule is COP(=O)(Nc1ccc(C)c(C)c1)C1=C(N2CCOCC2)/C(=C(\OC(=O)c2ccccc2)c2ccccc2)CC1. The van der Waals surface area contributed by atoms with Crippen molar-refractivity contribution in [3.63, 3.8) is 0 Å². The number of nitrogens with one attached hydrogen (secondary N) is 1. The topological polar surface area (TPSA) is 77.1 Å². The molecule has 7 nitrogen and oxygen atoms in total. The van der Waals surface area contributed by atoms with Crippen LogP contribution >= 0.6 is 7.52 Å². The van der Waals surface area contributed by atoms with Gasteiger partial charge >= 0.3 is 13.5 Å². The number of esters is 1. The van der Waals surface area contributed by atoms with E-state index < -0.39 is 13.5 Å². The number of morpholine rings is 1. The first-order valence-corrected chi connectivity index (χ1v) is 15.2. The summed E-state index contributed by atoms with van der Waals surface area (Å²) < 4.78 is 32.2. The molecule has 0 amide bonds. The summed E-state index contributed by atoms with van der Waals surface area (Å²) in [7, 11) is -2.04. The zero-order valence-electron chi connectivity index (χ0n) is 23.2. The molecule has 0 bridgehead atoms. The van der Waals surface area contributed by atoms with Gasteiger partial charge < -0.3 is 24.0 Å². The molecule has 1 N–H and O–H groups in total. The quantitative estimate of drug-likeness (QED) is 0.179. The first-order valence-electron chi connectivity index (χ1n) is 13.5. The molecule has 0 aromatic heterocycles. The lowest BCUT2D eigenvalue weighted by Gasteiger charge is -2.33. The largest absolute Gasteiger partial charge is 0.422 e. The average Bonchev–Trinajstić information content (AvgIpc) is 3.45. The van der Waals surface area contributed by atoms with Gasteiger partial charge in [0.15, 0.2) is 0 Å². The second-order valence-electron chi connectivity index (χ2n) is 9.97. The maximum Gasteiger partial charge on any atom is 0.343 e. The molecule has 3 aromatic rings. The van der Waals surface area contributed by atoms with Crippen LogP contribution in [0.3, 0.4) is 0 Å². The lowest BCUT2D eigenvalue weighted by molar-refractivity contribution is 0.0544. The number of carbonyl (C=O) groups excluding carboxylic acids is 1. The van der Waals surface area contributed by atoms with Crippen molar-refractivity contribution in [1.82, 2.24) is 4.90 Å². The zero-order valence-corrected chi connectivity index (χ0v) is 24.1. The summed E-state index contributed by atoms with van der Waals surface area (Å²) in [5.41, 5.74) is 5.88. The summed E-state index contributed by atoms with van der Waals surface area (Å²) >= 11 is 0. The van der Waals surface area contributed by atoms with E-state index in [1.54, 1.807) is 12.1 Å². The third-order valence-corrected chi connectivity index (χ3v) is 9.62. The summed E-state index contributed by atoms with van der Waals surface area (Å²) in [6.07, 6.45) is 1.06. The maximum atomic E-state index is 14.6. The smallest absolute Gasteiger partial charge is 0.343 e. The van der Waals surface area contributed by atoms with Gasteiger partial charge in [-0.3, -0.25) is 4.57 Å². The summed E-state index contributed by atoms with van der Waals surface area (Å²) in [4.78, 5) is 15.5. The van der Waals surface area contributed by atoms with Gasteiger partial charge in [-0.15, -0.1) is 0 Å². The van der Waals surface area contributed by atoms with Gasteiger partial charge in [0.05, 0.1) is 29.8 Å². The van der Waals surface area contributed by atoms with Gasteiger partial charge in [-0.1, -0.05) is 54.6 Å². The molecule has 1 unspecified atom stereocenters. The number of anilines is 1. The molecule has 1 aliphatic heterocycles. The van der Waals surface area contributed by atoms with Crippen LogP contribution in [-0.2, 0) is 18.6 Å². The molecule has 1 saturated heterocycles. The molecule has 40 heavy (non-hydrogen) atoms. The number of hydrogen-bond donors (Lipinski definition) is 1. The Bertz CT molecular complexity index is 1480. The van der Waals surface area contributed by atoms with Gasteiger partial charge in [0.25, 0.3) is 0 Å². The van der Waals surface area contributed by atoms with Crippen LogP contribution in [0.1, 0.15) is 39.9 Å². The van der Waals surface area contributed by atoms with Crippen LogP contribution in [0, 0.1) is 13.8 Å². The summed E-state index contributed by atoms with van der Waals surface area (Å²) in [6, 6.07) is 24.5. The van der Waals surface area contributed by atoms with Crippen molar-refractivity contribution < 1.29 is 23.4 Å². The van der Waals surface area contributed by atoms with Crippen molar-refractivity contribution in [1.29, 1.82) is 0 Å². The maximum absolute atomic E-state index is 14.6. The number of hydrogen-bond acceptors (Lipinski definition) is 6. The van der Waals surface area contributed by atoms with E-state index in [1.807, 2.05) is 80.6 Å². The Morgan fingerprint density at radius 1 is 0.875 bits per heavy atom. The highest BCUT2D eigenvalue weighted by Crippen LogP contribution is 2.61. The Morgan fingerprint density at radius 2 is 1.52 bits per heavy atom. The van der Waals surface area contributed by atoms with Crippen LogP contribution < -0.4 is 5.09 Å². The van der Waals surface area contributed by atoms with Crippen LogP contribution in [0.15, 0.2) is 95.4 Å². The first-order chi connectivity index (χ1) is 19.4. The molecule has 1 fully saturated rings. The molecule has 0 radical (unpaired) electrons. The van der Waals surface area contributed by atoms with E-state index in [9.17, 15) is 9.36 Å². The molecule has 8 heteroatoms. The summed E-state index contributed by atoms with van der Waals surface area (Å²) in [6.45, 7) is 6.44. The van der Waals surface area contributed by atoms with Crippen LogP contribution in [-0.4, -0.2) is 44.3 Å². The van der Waals surface area contributed by atoms with Crippen molar-refractivity contribution in [3.05, 3.63) is 118 Å². The molecule has 1 atom stereocenters. The lowest BCUT2D eigenvalue weighted by Crippen LogP contribution is -2.36. The number of carbonyl (C=O) groups is 1. The van der Waals surface area contributed by atoms with E-state index in [0.29, 0.717) is 55.8 Å². The molecular formula is C32H35N2O5P. The second-order valence-corrected chi connectivity index (χ2v) is 12.2. The van der Waals surface area contributed by atoms with E-state index >= 15 is 0 Å². The van der Waals surface area contributed by atoms with E-state index in [1.165, 1.54) is 7.11 Å². The number of ether oxygens (including phenoxy) is 2. The van der Waals surface area contributed by atoms with Gasteiger partial charge in [0, 0.05) is 37.0 Å². The predicted molar refractivity (Wildman–Crippen MR) is 158 cm³/mol. The van der Waals surface area contributed by atoms with Gasteiger partial charge in [-0.05, 0) is 62.1 Å². The van der Waals surface area contributed by atoms with Gasteiger partial charge in [-0.25, -0.2) is 4.79 Å². The Labute approximate surface area is 236 Å². The monoisotopic (exact) mass is 558 g/mol. The Morgan fingerprint density at radius 3 is 2.15 bits per heavy atom. The summed E-state index contributed by atoms with van der Waals surface area (Å²) in [5, 5.41) is 3.93. The number of nitrogens with zero attached hydrogens (tertiary/aromatic N) is 1. The van der Waals surface area contributed by atoms with Crippen LogP contribution in [0.4, 0.5) is 5.69 Å². The van der Waals surface area contributed by atoms with E-state index in [4.69, 9.17) is 14.0 Å². The molecule has 5 rings (SSSR count). The predicted octanol–water partition coefficient (Wildman–Crippen LogP) is 7.16. The van der Waals surface area contributed by atoms with E-state index in [-0.39, 0.29) is 0 Å². The Balaban J connectivity index is 1.65. The van der Waals surface area contributed by atoms with Crippen molar-refractivity contribution in [2.45, 2.75) is 26.7 Å². The summed E-state index contributed by atoms with van der Waals surface area (Å²) in [5.74, 6) is 0.0321. The first kappa shape index (κ1) is 27.9. The molecular weight excluding hydrogens is 523 g/mol. The Kier molecular flexibility index (Phi) is 8.55. The van der Waals surface area contributed by atoms with Gasteiger partial charge in [-0.2, -0.15) is 0 Å². The second kappa shape index (κ2) is 12.3.